The Bertz CT molecular complexity index is 728. The van der Waals surface area contributed by atoms with Crippen molar-refractivity contribution in [3.05, 3.63) is 53.7 Å². The van der Waals surface area contributed by atoms with Crippen LogP contribution in [0.5, 0.6) is 11.6 Å². The van der Waals surface area contributed by atoms with Gasteiger partial charge in [-0.15, -0.1) is 0 Å². The lowest BCUT2D eigenvalue weighted by Crippen LogP contribution is -2.27. The van der Waals surface area contributed by atoms with E-state index in [0.717, 1.165) is 6.07 Å². The van der Waals surface area contributed by atoms with Crippen molar-refractivity contribution in [2.75, 3.05) is 6.61 Å². The lowest BCUT2D eigenvalue weighted by molar-refractivity contribution is -0.138. The molecule has 1 aromatic heterocycles. The van der Waals surface area contributed by atoms with Crippen LogP contribution in [0.1, 0.15) is 11.1 Å². The van der Waals surface area contributed by atoms with E-state index in [-0.39, 0.29) is 30.2 Å². The third kappa shape index (κ3) is 4.02. The molecule has 1 saturated heterocycles. The van der Waals surface area contributed by atoms with Gasteiger partial charge in [0.2, 0.25) is 5.88 Å². The maximum absolute atomic E-state index is 12.9. The first-order valence-corrected chi connectivity index (χ1v) is 7.12. The molecule has 1 aromatic carbocycles. The number of epoxide rings is 1. The third-order valence-electron chi connectivity index (χ3n) is 3.30. The van der Waals surface area contributed by atoms with Gasteiger partial charge in [0, 0.05) is 18.8 Å². The Morgan fingerprint density at radius 2 is 2.04 bits per heavy atom. The van der Waals surface area contributed by atoms with Crippen LogP contribution in [0.25, 0.3) is 0 Å². The second-order valence-corrected chi connectivity index (χ2v) is 5.14. The van der Waals surface area contributed by atoms with Gasteiger partial charge in [-0.05, 0) is 17.7 Å². The highest BCUT2D eigenvalue weighted by atomic mass is 19.4. The molecular weight excluding hydrogens is 325 g/mol. The predicted octanol–water partition coefficient (Wildman–Crippen LogP) is 2.91. The van der Waals surface area contributed by atoms with E-state index < -0.39 is 11.7 Å². The van der Waals surface area contributed by atoms with Crippen molar-refractivity contribution in [3.63, 3.8) is 0 Å². The summed E-state index contributed by atoms with van der Waals surface area (Å²) in [6.07, 6.45) is -3.45. The molecule has 2 aromatic rings. The fourth-order valence-electron chi connectivity index (χ4n) is 1.98. The van der Waals surface area contributed by atoms with Gasteiger partial charge in [0.1, 0.15) is 5.75 Å². The Morgan fingerprint density at radius 1 is 1.29 bits per heavy atom. The van der Waals surface area contributed by atoms with E-state index in [4.69, 9.17) is 9.47 Å². The average Bonchev–Trinajstić information content (AvgIpc) is 3.38. The van der Waals surface area contributed by atoms with Crippen molar-refractivity contribution < 1.29 is 27.4 Å². The van der Waals surface area contributed by atoms with E-state index in [9.17, 15) is 18.0 Å². The van der Waals surface area contributed by atoms with Gasteiger partial charge in [-0.25, -0.2) is 4.98 Å². The highest BCUT2D eigenvalue weighted by Crippen LogP contribution is 2.37. The zero-order valence-corrected chi connectivity index (χ0v) is 12.3. The van der Waals surface area contributed by atoms with Crippen LogP contribution >= 0.6 is 0 Å². The molecule has 0 aliphatic carbocycles. The highest BCUT2D eigenvalue weighted by Gasteiger charge is 2.34. The van der Waals surface area contributed by atoms with Gasteiger partial charge in [0.15, 0.2) is 6.10 Å². The van der Waals surface area contributed by atoms with Gasteiger partial charge < -0.3 is 14.8 Å². The number of ether oxygens (including phenoxy) is 2. The number of nitrogens with one attached hydrogen (secondary N) is 1. The summed E-state index contributed by atoms with van der Waals surface area (Å²) in [7, 11) is 0. The van der Waals surface area contributed by atoms with Crippen LogP contribution in [-0.4, -0.2) is 23.6 Å². The normalized spacial score (nSPS) is 16.5. The molecule has 1 atom stereocenters. The number of carbonyl (C=O) groups is 1. The van der Waals surface area contributed by atoms with E-state index in [1.165, 1.54) is 30.5 Å². The summed E-state index contributed by atoms with van der Waals surface area (Å²) in [5.74, 6) is -0.480. The number of benzene rings is 1. The Kier molecular flexibility index (Phi) is 4.39. The monoisotopic (exact) mass is 338 g/mol. The zero-order valence-electron chi connectivity index (χ0n) is 12.3. The molecule has 2 heterocycles. The van der Waals surface area contributed by atoms with Crippen molar-refractivity contribution in [2.45, 2.75) is 18.8 Å². The molecule has 5 nitrogen and oxygen atoms in total. The van der Waals surface area contributed by atoms with Crippen LogP contribution in [0.3, 0.4) is 0 Å². The Hall–Kier alpha value is -2.61. The molecule has 0 radical (unpaired) electrons. The lowest BCUT2D eigenvalue weighted by Gasteiger charge is -2.13. The van der Waals surface area contributed by atoms with Crippen molar-refractivity contribution in [1.29, 1.82) is 0 Å². The molecule has 1 amide bonds. The number of hydrogen-bond donors (Lipinski definition) is 1. The standard InChI is InChI=1S/C16H13F3N2O3/c17-16(18,19)11-3-1-2-4-12(11)24-14-6-5-10(7-20-14)8-21-15(22)13-9-23-13/h1-7,13H,8-9H2,(H,21,22). The maximum atomic E-state index is 12.9. The SMILES string of the molecule is O=C(NCc1ccc(Oc2ccccc2C(F)(F)F)nc1)C1CO1. The first-order chi connectivity index (χ1) is 11.4. The lowest BCUT2D eigenvalue weighted by atomic mass is 10.2. The first kappa shape index (κ1) is 16.3. The number of rotatable bonds is 5. The summed E-state index contributed by atoms with van der Waals surface area (Å²) in [5, 5.41) is 2.67. The largest absolute Gasteiger partial charge is 0.438 e. The van der Waals surface area contributed by atoms with Gasteiger partial charge in [-0.1, -0.05) is 18.2 Å². The number of hydrogen-bond acceptors (Lipinski definition) is 4. The molecular formula is C16H13F3N2O3. The summed E-state index contributed by atoms with van der Waals surface area (Å²) in [6.45, 7) is 0.681. The van der Waals surface area contributed by atoms with Gasteiger partial charge in [-0.3, -0.25) is 4.79 Å². The first-order valence-electron chi connectivity index (χ1n) is 7.12. The Morgan fingerprint density at radius 3 is 2.67 bits per heavy atom. The molecule has 1 N–H and O–H groups in total. The van der Waals surface area contributed by atoms with E-state index >= 15 is 0 Å². The minimum absolute atomic E-state index is 0.0345. The van der Waals surface area contributed by atoms with E-state index in [1.807, 2.05) is 0 Å². The van der Waals surface area contributed by atoms with Gasteiger partial charge in [0.05, 0.1) is 12.2 Å². The van der Waals surface area contributed by atoms with Crippen LogP contribution in [0.2, 0.25) is 0 Å². The fraction of sp³-hybridized carbons (Fsp3) is 0.250. The Labute approximate surface area is 135 Å². The molecule has 8 heteroatoms. The maximum Gasteiger partial charge on any atom is 0.419 e. The minimum atomic E-state index is -4.51. The van der Waals surface area contributed by atoms with Gasteiger partial charge >= 0.3 is 6.18 Å². The molecule has 1 aliphatic heterocycles. The molecule has 1 aliphatic rings. The summed E-state index contributed by atoms with van der Waals surface area (Å²) in [4.78, 5) is 15.4. The van der Waals surface area contributed by atoms with Crippen LogP contribution in [0.4, 0.5) is 13.2 Å². The number of amides is 1. The van der Waals surface area contributed by atoms with E-state index in [1.54, 1.807) is 6.07 Å². The molecule has 0 bridgehead atoms. The molecule has 0 saturated carbocycles. The van der Waals surface area contributed by atoms with Crippen LogP contribution in [-0.2, 0) is 22.3 Å². The van der Waals surface area contributed by atoms with Crippen molar-refractivity contribution in [2.24, 2.45) is 0 Å². The predicted molar refractivity (Wildman–Crippen MR) is 77.3 cm³/mol. The molecule has 24 heavy (non-hydrogen) atoms. The summed E-state index contributed by atoms with van der Waals surface area (Å²) in [6, 6.07) is 7.98. The summed E-state index contributed by atoms with van der Waals surface area (Å²) < 4.78 is 48.8. The number of halogens is 3. The van der Waals surface area contributed by atoms with Crippen LogP contribution < -0.4 is 10.1 Å². The van der Waals surface area contributed by atoms with Gasteiger partial charge in [-0.2, -0.15) is 13.2 Å². The number of aromatic nitrogens is 1. The van der Waals surface area contributed by atoms with E-state index in [0.29, 0.717) is 12.2 Å². The van der Waals surface area contributed by atoms with Crippen molar-refractivity contribution in [1.82, 2.24) is 10.3 Å². The number of nitrogens with zero attached hydrogens (tertiary/aromatic N) is 1. The molecule has 0 spiro atoms. The second-order valence-electron chi connectivity index (χ2n) is 5.14. The topological polar surface area (TPSA) is 63.8 Å². The number of para-hydroxylation sites is 1. The van der Waals surface area contributed by atoms with Crippen molar-refractivity contribution in [3.8, 4) is 11.6 Å². The van der Waals surface area contributed by atoms with Crippen molar-refractivity contribution >= 4 is 5.91 Å². The van der Waals surface area contributed by atoms with Crippen LogP contribution in [0, 0.1) is 0 Å². The molecule has 1 unspecified atom stereocenters. The summed E-state index contributed by atoms with van der Waals surface area (Å²) in [5.41, 5.74) is -0.173. The highest BCUT2D eigenvalue weighted by molar-refractivity contribution is 5.82. The third-order valence-corrected chi connectivity index (χ3v) is 3.30. The molecule has 1 fully saturated rings. The van der Waals surface area contributed by atoms with Crippen LogP contribution in [0.15, 0.2) is 42.6 Å². The molecule has 3 rings (SSSR count). The second kappa shape index (κ2) is 6.48. The van der Waals surface area contributed by atoms with E-state index in [2.05, 4.69) is 10.3 Å². The number of carbonyl (C=O) groups excluding carboxylic acids is 1. The molecule has 126 valence electrons. The quantitative estimate of drug-likeness (QED) is 0.852. The zero-order chi connectivity index (χ0) is 17.2. The number of pyridine rings is 1. The Balaban J connectivity index is 1.65. The minimum Gasteiger partial charge on any atom is -0.438 e. The van der Waals surface area contributed by atoms with Gasteiger partial charge in [0.25, 0.3) is 5.91 Å². The fourth-order valence-corrected chi connectivity index (χ4v) is 1.98. The smallest absolute Gasteiger partial charge is 0.419 e. The summed E-state index contributed by atoms with van der Waals surface area (Å²) >= 11 is 0. The average molecular weight is 338 g/mol. The number of alkyl halides is 3.